The van der Waals surface area contributed by atoms with E-state index in [9.17, 15) is 0 Å². The Morgan fingerprint density at radius 3 is 1.85 bits per heavy atom. The van der Waals surface area contributed by atoms with E-state index in [0.717, 1.165) is 40.6 Å². The molecule has 4 nitrogen and oxygen atoms in total. The van der Waals surface area contributed by atoms with Crippen molar-refractivity contribution >= 4 is 17.1 Å². The number of hydrogen-bond donors (Lipinski definition) is 0. The van der Waals surface area contributed by atoms with Crippen LogP contribution in [0.2, 0.25) is 0 Å². The predicted molar refractivity (Wildman–Crippen MR) is 111 cm³/mol. The molecule has 3 aromatic carbocycles. The smallest absolute Gasteiger partial charge is 0.160 e. The maximum atomic E-state index is 5.40. The standard InChI is InChI=1S/C23H24N2O2/c1-18(16-19-14-15-22(26-2)23(17-19)27-3)24-25(20-10-6-4-7-11-20)21-12-8-5-9-13-21/h4-15,17H,16H2,1-3H3/b24-18+. The summed E-state index contributed by atoms with van der Waals surface area (Å²) in [6, 6.07) is 26.3. The zero-order valence-corrected chi connectivity index (χ0v) is 15.9. The van der Waals surface area contributed by atoms with Crippen molar-refractivity contribution in [2.45, 2.75) is 13.3 Å². The van der Waals surface area contributed by atoms with E-state index in [-0.39, 0.29) is 0 Å². The van der Waals surface area contributed by atoms with E-state index in [4.69, 9.17) is 14.6 Å². The van der Waals surface area contributed by atoms with Crippen LogP contribution in [0.15, 0.2) is 84.0 Å². The van der Waals surface area contributed by atoms with Crippen LogP contribution in [0, 0.1) is 0 Å². The fraction of sp³-hybridized carbons (Fsp3) is 0.174. The number of methoxy groups -OCH3 is 2. The van der Waals surface area contributed by atoms with Gasteiger partial charge in [-0.15, -0.1) is 0 Å². The summed E-state index contributed by atoms with van der Waals surface area (Å²) < 4.78 is 10.7. The Labute approximate surface area is 160 Å². The molecule has 0 saturated heterocycles. The van der Waals surface area contributed by atoms with Crippen LogP contribution < -0.4 is 14.5 Å². The van der Waals surface area contributed by atoms with Gasteiger partial charge in [-0.2, -0.15) is 5.10 Å². The number of nitrogens with zero attached hydrogens (tertiary/aromatic N) is 2. The van der Waals surface area contributed by atoms with Gasteiger partial charge in [-0.05, 0) is 48.9 Å². The van der Waals surface area contributed by atoms with Gasteiger partial charge in [0.15, 0.2) is 11.5 Å². The highest BCUT2D eigenvalue weighted by Gasteiger charge is 2.10. The molecule has 3 aromatic rings. The molecule has 0 spiro atoms. The maximum Gasteiger partial charge on any atom is 0.160 e. The summed E-state index contributed by atoms with van der Waals surface area (Å²) in [5.41, 5.74) is 4.16. The highest BCUT2D eigenvalue weighted by Crippen LogP contribution is 2.29. The summed E-state index contributed by atoms with van der Waals surface area (Å²) in [6.07, 6.45) is 0.719. The molecule has 0 aliphatic carbocycles. The Morgan fingerprint density at radius 2 is 1.33 bits per heavy atom. The fourth-order valence-electron chi connectivity index (χ4n) is 2.90. The largest absolute Gasteiger partial charge is 0.493 e. The van der Waals surface area contributed by atoms with Gasteiger partial charge in [-0.1, -0.05) is 42.5 Å². The molecule has 0 unspecified atom stereocenters. The summed E-state index contributed by atoms with van der Waals surface area (Å²) in [5, 5.41) is 6.86. The van der Waals surface area contributed by atoms with Crippen molar-refractivity contribution in [1.82, 2.24) is 0 Å². The van der Waals surface area contributed by atoms with Crippen LogP contribution in [-0.2, 0) is 6.42 Å². The van der Waals surface area contributed by atoms with Crippen LogP contribution in [-0.4, -0.2) is 19.9 Å². The van der Waals surface area contributed by atoms with Crippen molar-refractivity contribution in [1.29, 1.82) is 0 Å². The molecule has 138 valence electrons. The predicted octanol–water partition coefficient (Wildman–Crippen LogP) is 5.46. The number of benzene rings is 3. The second-order valence-corrected chi connectivity index (χ2v) is 6.18. The normalized spacial score (nSPS) is 11.1. The topological polar surface area (TPSA) is 34.1 Å². The van der Waals surface area contributed by atoms with Gasteiger partial charge in [0.25, 0.3) is 0 Å². The number of anilines is 2. The van der Waals surface area contributed by atoms with Crippen LogP contribution in [0.4, 0.5) is 11.4 Å². The molecular weight excluding hydrogens is 336 g/mol. The number of para-hydroxylation sites is 2. The number of hydrogen-bond acceptors (Lipinski definition) is 4. The molecule has 0 saturated carbocycles. The van der Waals surface area contributed by atoms with Crippen LogP contribution in [0.25, 0.3) is 0 Å². The molecule has 0 aliphatic rings. The lowest BCUT2D eigenvalue weighted by Gasteiger charge is -2.20. The first-order valence-corrected chi connectivity index (χ1v) is 8.86. The molecule has 3 rings (SSSR count). The summed E-state index contributed by atoms with van der Waals surface area (Å²) in [7, 11) is 3.29. The van der Waals surface area contributed by atoms with Gasteiger partial charge in [0.1, 0.15) is 0 Å². The third kappa shape index (κ3) is 4.67. The zero-order valence-electron chi connectivity index (χ0n) is 15.9. The van der Waals surface area contributed by atoms with Crippen molar-refractivity contribution < 1.29 is 9.47 Å². The summed E-state index contributed by atoms with van der Waals surface area (Å²) in [5.74, 6) is 1.46. The first kappa shape index (κ1) is 18.5. The minimum atomic E-state index is 0.719. The van der Waals surface area contributed by atoms with E-state index in [1.165, 1.54) is 0 Å². The molecule has 0 fully saturated rings. The van der Waals surface area contributed by atoms with E-state index in [2.05, 4.69) is 24.3 Å². The molecule has 0 aromatic heterocycles. The van der Waals surface area contributed by atoms with E-state index in [1.807, 2.05) is 66.5 Å². The van der Waals surface area contributed by atoms with Gasteiger partial charge >= 0.3 is 0 Å². The minimum absolute atomic E-state index is 0.719. The van der Waals surface area contributed by atoms with Crippen molar-refractivity contribution in [3.8, 4) is 11.5 Å². The Kier molecular flexibility index (Phi) is 6.10. The number of rotatable bonds is 7. The molecule has 0 N–H and O–H groups in total. The van der Waals surface area contributed by atoms with Crippen molar-refractivity contribution in [2.75, 3.05) is 19.2 Å². The first-order chi connectivity index (χ1) is 13.2. The first-order valence-electron chi connectivity index (χ1n) is 8.86. The van der Waals surface area contributed by atoms with Gasteiger partial charge in [0.2, 0.25) is 0 Å². The average molecular weight is 360 g/mol. The lowest BCUT2D eigenvalue weighted by atomic mass is 10.1. The van der Waals surface area contributed by atoms with Gasteiger partial charge in [0.05, 0.1) is 25.6 Å². The number of hydrazone groups is 1. The molecule has 27 heavy (non-hydrogen) atoms. The second kappa shape index (κ2) is 8.90. The zero-order chi connectivity index (χ0) is 19.1. The second-order valence-electron chi connectivity index (χ2n) is 6.18. The molecule has 0 amide bonds. The van der Waals surface area contributed by atoms with E-state index >= 15 is 0 Å². The Morgan fingerprint density at radius 1 is 0.778 bits per heavy atom. The monoisotopic (exact) mass is 360 g/mol. The lowest BCUT2D eigenvalue weighted by Crippen LogP contribution is -2.13. The van der Waals surface area contributed by atoms with Crippen molar-refractivity contribution in [3.05, 3.63) is 84.4 Å². The van der Waals surface area contributed by atoms with Crippen LogP contribution in [0.3, 0.4) is 0 Å². The van der Waals surface area contributed by atoms with Gasteiger partial charge in [-0.25, -0.2) is 5.01 Å². The Balaban J connectivity index is 1.89. The molecular formula is C23H24N2O2. The highest BCUT2D eigenvalue weighted by atomic mass is 16.5. The summed E-state index contributed by atoms with van der Waals surface area (Å²) in [4.78, 5) is 0. The van der Waals surface area contributed by atoms with Gasteiger partial charge in [0, 0.05) is 12.1 Å². The SMILES string of the molecule is COc1ccc(C/C(C)=N/N(c2ccccc2)c2ccccc2)cc1OC. The van der Waals surface area contributed by atoms with E-state index < -0.39 is 0 Å². The van der Waals surface area contributed by atoms with E-state index in [0.29, 0.717) is 0 Å². The van der Waals surface area contributed by atoms with Crippen LogP contribution >= 0.6 is 0 Å². The molecule has 0 radical (unpaired) electrons. The average Bonchev–Trinajstić information content (AvgIpc) is 2.73. The quantitative estimate of drug-likeness (QED) is 0.414. The lowest BCUT2D eigenvalue weighted by molar-refractivity contribution is 0.354. The van der Waals surface area contributed by atoms with Crippen LogP contribution in [0.5, 0.6) is 11.5 Å². The molecule has 4 heteroatoms. The third-order valence-corrected chi connectivity index (χ3v) is 4.18. The van der Waals surface area contributed by atoms with E-state index in [1.54, 1.807) is 14.2 Å². The maximum absolute atomic E-state index is 5.40. The fourth-order valence-corrected chi connectivity index (χ4v) is 2.90. The van der Waals surface area contributed by atoms with Crippen LogP contribution in [0.1, 0.15) is 12.5 Å². The van der Waals surface area contributed by atoms with Crippen molar-refractivity contribution in [3.63, 3.8) is 0 Å². The Bertz CT molecular complexity index is 853. The van der Waals surface area contributed by atoms with Gasteiger partial charge in [-0.3, -0.25) is 0 Å². The third-order valence-electron chi connectivity index (χ3n) is 4.18. The summed E-state index contributed by atoms with van der Waals surface area (Å²) in [6.45, 7) is 2.04. The van der Waals surface area contributed by atoms with Gasteiger partial charge < -0.3 is 9.47 Å². The Hall–Kier alpha value is -3.27. The minimum Gasteiger partial charge on any atom is -0.493 e. The van der Waals surface area contributed by atoms with Crippen molar-refractivity contribution in [2.24, 2.45) is 5.10 Å². The number of ether oxygens (including phenoxy) is 2. The molecule has 0 bridgehead atoms. The molecule has 0 atom stereocenters. The molecule has 0 heterocycles. The highest BCUT2D eigenvalue weighted by molar-refractivity contribution is 5.86. The summed E-state index contributed by atoms with van der Waals surface area (Å²) >= 11 is 0. The molecule has 0 aliphatic heterocycles.